The van der Waals surface area contributed by atoms with E-state index in [0.29, 0.717) is 0 Å². The van der Waals surface area contributed by atoms with Crippen molar-refractivity contribution in [2.75, 3.05) is 9.80 Å². The summed E-state index contributed by atoms with van der Waals surface area (Å²) in [5.74, 6) is 0. The summed E-state index contributed by atoms with van der Waals surface area (Å²) in [6, 6.07) is 39.8. The fraction of sp³-hybridized carbons (Fsp3) is 0.167. The lowest BCUT2D eigenvalue weighted by atomic mass is 10.1. The van der Waals surface area contributed by atoms with E-state index >= 15 is 0 Å². The molecule has 0 saturated carbocycles. The molecule has 0 aliphatic rings. The Bertz CT molecular complexity index is 1460. The molecule has 5 aromatic rings. The lowest BCUT2D eigenvalue weighted by molar-refractivity contribution is 1.22. The van der Waals surface area contributed by atoms with Crippen molar-refractivity contribution in [3.05, 3.63) is 143 Å². The van der Waals surface area contributed by atoms with Crippen molar-refractivity contribution < 1.29 is 0 Å². The molecular formula is C36H36N2. The van der Waals surface area contributed by atoms with Gasteiger partial charge < -0.3 is 9.80 Å². The van der Waals surface area contributed by atoms with Crippen LogP contribution in [0, 0.1) is 41.5 Å². The SMILES string of the molecule is Cc1cccc(N(c2ccc(N(c3cccc(C)c3)c3ccc(C)c(C)c3)cc2)c2ccc(C)c(C)c2)c1. The molecule has 0 aliphatic heterocycles. The van der Waals surface area contributed by atoms with Gasteiger partial charge in [0.15, 0.2) is 0 Å². The van der Waals surface area contributed by atoms with Gasteiger partial charge in [0.2, 0.25) is 0 Å². The summed E-state index contributed by atoms with van der Waals surface area (Å²) >= 11 is 0. The Kier molecular flexibility index (Phi) is 7.07. The Balaban J connectivity index is 1.62. The van der Waals surface area contributed by atoms with Crippen molar-refractivity contribution in [1.82, 2.24) is 0 Å². The first-order chi connectivity index (χ1) is 18.3. The van der Waals surface area contributed by atoms with Crippen LogP contribution >= 0.6 is 0 Å². The summed E-state index contributed by atoms with van der Waals surface area (Å²) in [4.78, 5) is 4.69. The number of hydrogen-bond acceptors (Lipinski definition) is 2. The van der Waals surface area contributed by atoms with Crippen LogP contribution in [0.2, 0.25) is 0 Å². The average Bonchev–Trinajstić information content (AvgIpc) is 2.90. The fourth-order valence-corrected chi connectivity index (χ4v) is 4.91. The van der Waals surface area contributed by atoms with E-state index < -0.39 is 0 Å². The predicted molar refractivity (Wildman–Crippen MR) is 164 cm³/mol. The van der Waals surface area contributed by atoms with Crippen LogP contribution in [0.3, 0.4) is 0 Å². The van der Waals surface area contributed by atoms with Crippen molar-refractivity contribution in [3.8, 4) is 0 Å². The number of rotatable bonds is 6. The van der Waals surface area contributed by atoms with Crippen molar-refractivity contribution in [2.45, 2.75) is 41.5 Å². The molecule has 0 saturated heterocycles. The highest BCUT2D eigenvalue weighted by Crippen LogP contribution is 2.40. The van der Waals surface area contributed by atoms with Gasteiger partial charge in [-0.2, -0.15) is 0 Å². The molecule has 0 radical (unpaired) electrons. The quantitative estimate of drug-likeness (QED) is 0.231. The van der Waals surface area contributed by atoms with Gasteiger partial charge in [-0.3, -0.25) is 0 Å². The van der Waals surface area contributed by atoms with Crippen LogP contribution in [0.1, 0.15) is 33.4 Å². The molecule has 0 fully saturated rings. The van der Waals surface area contributed by atoms with E-state index in [0.717, 1.165) is 34.1 Å². The van der Waals surface area contributed by atoms with E-state index in [4.69, 9.17) is 0 Å². The first-order valence-electron chi connectivity index (χ1n) is 13.3. The molecule has 0 bridgehead atoms. The molecule has 0 unspecified atom stereocenters. The molecule has 2 nitrogen and oxygen atoms in total. The maximum absolute atomic E-state index is 2.34. The third-order valence-corrected chi connectivity index (χ3v) is 7.38. The first kappa shape index (κ1) is 25.4. The van der Waals surface area contributed by atoms with Gasteiger partial charge in [0.05, 0.1) is 0 Å². The van der Waals surface area contributed by atoms with E-state index in [1.165, 1.54) is 33.4 Å². The smallest absolute Gasteiger partial charge is 0.0464 e. The zero-order valence-corrected chi connectivity index (χ0v) is 23.3. The number of aryl methyl sites for hydroxylation is 6. The molecule has 0 atom stereocenters. The van der Waals surface area contributed by atoms with Crippen LogP contribution in [-0.2, 0) is 0 Å². The summed E-state index contributed by atoms with van der Waals surface area (Å²) in [5.41, 5.74) is 14.6. The molecular weight excluding hydrogens is 460 g/mol. The van der Waals surface area contributed by atoms with E-state index in [-0.39, 0.29) is 0 Å². The van der Waals surface area contributed by atoms with Crippen LogP contribution in [0.4, 0.5) is 34.1 Å². The summed E-state index contributed by atoms with van der Waals surface area (Å²) < 4.78 is 0. The van der Waals surface area contributed by atoms with Gasteiger partial charge in [-0.1, -0.05) is 36.4 Å². The second-order valence-electron chi connectivity index (χ2n) is 10.4. The van der Waals surface area contributed by atoms with Crippen LogP contribution in [0.15, 0.2) is 109 Å². The van der Waals surface area contributed by atoms with Crippen LogP contribution < -0.4 is 9.80 Å². The summed E-state index contributed by atoms with van der Waals surface area (Å²) in [5, 5.41) is 0. The van der Waals surface area contributed by atoms with Gasteiger partial charge in [0.1, 0.15) is 0 Å². The Morgan fingerprint density at radius 2 is 0.658 bits per heavy atom. The van der Waals surface area contributed by atoms with Crippen molar-refractivity contribution in [2.24, 2.45) is 0 Å². The molecule has 2 heteroatoms. The maximum atomic E-state index is 2.34. The van der Waals surface area contributed by atoms with Gasteiger partial charge >= 0.3 is 0 Å². The number of nitrogens with zero attached hydrogens (tertiary/aromatic N) is 2. The molecule has 190 valence electrons. The number of anilines is 6. The molecule has 0 spiro atoms. The van der Waals surface area contributed by atoms with E-state index in [2.05, 4.69) is 161 Å². The highest BCUT2D eigenvalue weighted by Gasteiger charge is 2.17. The minimum absolute atomic E-state index is 1.13. The Hall–Kier alpha value is -4.30. The van der Waals surface area contributed by atoms with Crippen molar-refractivity contribution in [3.63, 3.8) is 0 Å². The monoisotopic (exact) mass is 496 g/mol. The average molecular weight is 497 g/mol. The highest BCUT2D eigenvalue weighted by atomic mass is 15.2. The van der Waals surface area contributed by atoms with Crippen molar-refractivity contribution >= 4 is 34.1 Å². The standard InChI is InChI=1S/C36H36N2/c1-25-9-7-11-33(21-25)37(35-15-13-27(3)29(5)23-35)31-17-19-32(20-18-31)38(34-12-8-10-26(2)22-34)36-16-14-28(4)30(6)24-36/h7-24H,1-6H3. The maximum Gasteiger partial charge on any atom is 0.0464 e. The second-order valence-corrected chi connectivity index (χ2v) is 10.4. The molecule has 38 heavy (non-hydrogen) atoms. The Morgan fingerprint density at radius 1 is 0.316 bits per heavy atom. The Morgan fingerprint density at radius 3 is 1.00 bits per heavy atom. The van der Waals surface area contributed by atoms with E-state index in [1.54, 1.807) is 0 Å². The minimum atomic E-state index is 1.13. The van der Waals surface area contributed by atoms with E-state index in [9.17, 15) is 0 Å². The third kappa shape index (κ3) is 5.21. The predicted octanol–water partition coefficient (Wildman–Crippen LogP) is 10.5. The zero-order chi connectivity index (χ0) is 26.8. The fourth-order valence-electron chi connectivity index (χ4n) is 4.91. The Labute approximate surface area is 227 Å². The number of hydrogen-bond donors (Lipinski definition) is 0. The van der Waals surface area contributed by atoms with Crippen LogP contribution in [0.25, 0.3) is 0 Å². The van der Waals surface area contributed by atoms with Gasteiger partial charge in [-0.25, -0.2) is 0 Å². The first-order valence-corrected chi connectivity index (χ1v) is 13.3. The van der Waals surface area contributed by atoms with Gasteiger partial charge in [0.25, 0.3) is 0 Å². The zero-order valence-electron chi connectivity index (χ0n) is 23.3. The molecule has 0 amide bonds. The summed E-state index contributed by atoms with van der Waals surface area (Å²) in [6.07, 6.45) is 0. The minimum Gasteiger partial charge on any atom is -0.310 e. The van der Waals surface area contributed by atoms with Gasteiger partial charge in [-0.15, -0.1) is 0 Å². The molecule has 5 rings (SSSR count). The largest absolute Gasteiger partial charge is 0.310 e. The molecule has 0 N–H and O–H groups in total. The molecule has 0 aromatic heterocycles. The molecule has 0 heterocycles. The number of benzene rings is 5. The topological polar surface area (TPSA) is 6.48 Å². The third-order valence-electron chi connectivity index (χ3n) is 7.38. The highest BCUT2D eigenvalue weighted by molar-refractivity contribution is 5.81. The van der Waals surface area contributed by atoms with Crippen LogP contribution in [-0.4, -0.2) is 0 Å². The van der Waals surface area contributed by atoms with E-state index in [1.807, 2.05) is 0 Å². The normalized spacial score (nSPS) is 10.9. The lowest BCUT2D eigenvalue weighted by Gasteiger charge is -2.29. The lowest BCUT2D eigenvalue weighted by Crippen LogP contribution is -2.12. The van der Waals surface area contributed by atoms with Gasteiger partial charge in [-0.05, 0) is 148 Å². The molecule has 0 aliphatic carbocycles. The van der Waals surface area contributed by atoms with Gasteiger partial charge in [0, 0.05) is 34.1 Å². The molecule has 5 aromatic carbocycles. The van der Waals surface area contributed by atoms with Crippen molar-refractivity contribution in [1.29, 1.82) is 0 Å². The summed E-state index contributed by atoms with van der Waals surface area (Å²) in [7, 11) is 0. The second kappa shape index (κ2) is 10.6. The summed E-state index contributed by atoms with van der Waals surface area (Å²) in [6.45, 7) is 13.0. The van der Waals surface area contributed by atoms with Crippen LogP contribution in [0.5, 0.6) is 0 Å².